The molecular formula is C16H10ClF3N2. The summed E-state index contributed by atoms with van der Waals surface area (Å²) in [5, 5.41) is 0.517. The normalized spacial score (nSPS) is 14.7. The molecule has 1 heterocycles. The predicted octanol–water partition coefficient (Wildman–Crippen LogP) is 5.50. The van der Waals surface area contributed by atoms with E-state index in [1.807, 2.05) is 0 Å². The van der Waals surface area contributed by atoms with Crippen LogP contribution < -0.4 is 0 Å². The summed E-state index contributed by atoms with van der Waals surface area (Å²) < 4.78 is 39.5. The van der Waals surface area contributed by atoms with Crippen LogP contribution in [0.3, 0.4) is 0 Å². The summed E-state index contributed by atoms with van der Waals surface area (Å²) in [5.74, 6) is 0. The van der Waals surface area contributed by atoms with Gasteiger partial charge >= 0.3 is 6.18 Å². The lowest BCUT2D eigenvalue weighted by atomic mass is 10.0. The molecule has 22 heavy (non-hydrogen) atoms. The summed E-state index contributed by atoms with van der Waals surface area (Å²) >= 11 is 5.82. The van der Waals surface area contributed by atoms with Crippen LogP contribution in [-0.2, 0) is 0 Å². The van der Waals surface area contributed by atoms with Gasteiger partial charge in [-0.05, 0) is 29.8 Å². The van der Waals surface area contributed by atoms with Gasteiger partial charge in [-0.1, -0.05) is 35.9 Å². The highest BCUT2D eigenvalue weighted by Crippen LogP contribution is 2.34. The third-order valence-electron chi connectivity index (χ3n) is 3.23. The number of benzene rings is 2. The molecule has 3 rings (SSSR count). The molecule has 0 unspecified atom stereocenters. The molecule has 0 aliphatic carbocycles. The summed E-state index contributed by atoms with van der Waals surface area (Å²) in [4.78, 5) is 8.12. The highest BCUT2D eigenvalue weighted by atomic mass is 35.5. The Hall–Kier alpha value is -2.14. The molecule has 0 saturated carbocycles. The number of alkyl halides is 3. The van der Waals surface area contributed by atoms with E-state index < -0.39 is 11.9 Å². The minimum Gasteiger partial charge on any atom is -0.250 e. The lowest BCUT2D eigenvalue weighted by molar-refractivity contribution is -0.0596. The van der Waals surface area contributed by atoms with Crippen molar-refractivity contribution in [3.8, 4) is 0 Å². The Balaban J connectivity index is 2.14. The Bertz CT molecular complexity index is 762. The van der Waals surface area contributed by atoms with Crippen molar-refractivity contribution in [1.29, 1.82) is 0 Å². The van der Waals surface area contributed by atoms with Crippen molar-refractivity contribution in [2.45, 2.75) is 12.6 Å². The van der Waals surface area contributed by atoms with Gasteiger partial charge in [0.1, 0.15) is 5.71 Å². The number of nitrogens with zero attached hydrogens (tertiary/aromatic N) is 2. The minimum absolute atomic E-state index is 0.221. The number of aliphatic imine (C=N–C) groups is 2. The monoisotopic (exact) mass is 322 g/mol. The third-order valence-corrected chi connectivity index (χ3v) is 3.48. The van der Waals surface area contributed by atoms with Crippen LogP contribution in [0.5, 0.6) is 0 Å². The van der Waals surface area contributed by atoms with Gasteiger partial charge < -0.3 is 0 Å². The molecule has 1 aliphatic heterocycles. The van der Waals surface area contributed by atoms with Crippen LogP contribution in [-0.4, -0.2) is 17.6 Å². The first kappa shape index (κ1) is 14.8. The van der Waals surface area contributed by atoms with Crippen molar-refractivity contribution in [3.05, 3.63) is 59.1 Å². The van der Waals surface area contributed by atoms with E-state index in [2.05, 4.69) is 9.98 Å². The lowest BCUT2D eigenvalue weighted by Crippen LogP contribution is -2.25. The first-order valence-electron chi connectivity index (χ1n) is 6.51. The van der Waals surface area contributed by atoms with E-state index in [0.717, 1.165) is 0 Å². The van der Waals surface area contributed by atoms with Crippen LogP contribution in [0.4, 0.5) is 24.5 Å². The standard InChI is InChI=1S/C16H10ClF3N2/c17-11-7-5-10(6-8-11)14-9-15(16(18,19)20)22-13-4-2-1-3-12(13)21-14/h1-8H,9H2. The highest BCUT2D eigenvalue weighted by Gasteiger charge is 2.37. The van der Waals surface area contributed by atoms with Gasteiger partial charge in [0.15, 0.2) is 0 Å². The number of rotatable bonds is 1. The average Bonchev–Trinajstić information content (AvgIpc) is 2.67. The fraction of sp³-hybridized carbons (Fsp3) is 0.125. The maximum Gasteiger partial charge on any atom is 0.429 e. The Morgan fingerprint density at radius 3 is 2.05 bits per heavy atom. The molecule has 2 aromatic rings. The zero-order chi connectivity index (χ0) is 15.7. The second kappa shape index (κ2) is 5.57. The molecule has 0 N–H and O–H groups in total. The Kier molecular flexibility index (Phi) is 3.74. The SMILES string of the molecule is FC(F)(F)C1=Nc2ccccc2N=C(c2ccc(Cl)cc2)C1. The van der Waals surface area contributed by atoms with Crippen LogP contribution in [0.25, 0.3) is 0 Å². The second-order valence-corrected chi connectivity index (χ2v) is 5.22. The van der Waals surface area contributed by atoms with Crippen molar-refractivity contribution >= 4 is 34.4 Å². The molecule has 2 aromatic carbocycles. The van der Waals surface area contributed by atoms with Crippen molar-refractivity contribution in [2.75, 3.05) is 0 Å². The zero-order valence-electron chi connectivity index (χ0n) is 11.2. The summed E-state index contributed by atoms with van der Waals surface area (Å²) in [5.41, 5.74) is 0.701. The summed E-state index contributed by atoms with van der Waals surface area (Å²) in [6, 6.07) is 13.1. The summed E-state index contributed by atoms with van der Waals surface area (Å²) in [6.07, 6.45) is -4.87. The highest BCUT2D eigenvalue weighted by molar-refractivity contribution is 6.30. The van der Waals surface area contributed by atoms with Crippen LogP contribution in [0, 0.1) is 0 Å². The predicted molar refractivity (Wildman–Crippen MR) is 81.9 cm³/mol. The van der Waals surface area contributed by atoms with Crippen LogP contribution >= 0.6 is 11.6 Å². The lowest BCUT2D eigenvalue weighted by Gasteiger charge is -2.10. The number of halogens is 4. The van der Waals surface area contributed by atoms with Gasteiger partial charge in [0.2, 0.25) is 0 Å². The first-order valence-corrected chi connectivity index (χ1v) is 6.88. The summed E-state index contributed by atoms with van der Waals surface area (Å²) in [6.45, 7) is 0. The van der Waals surface area contributed by atoms with Crippen LogP contribution in [0.15, 0.2) is 58.5 Å². The number of hydrogen-bond donors (Lipinski definition) is 0. The van der Waals surface area contributed by atoms with E-state index in [1.165, 1.54) is 6.07 Å². The Morgan fingerprint density at radius 1 is 0.864 bits per heavy atom. The van der Waals surface area contributed by atoms with Crippen molar-refractivity contribution in [1.82, 2.24) is 0 Å². The molecule has 0 bridgehead atoms. The van der Waals surface area contributed by atoms with Gasteiger partial charge in [0.05, 0.1) is 17.1 Å². The maximum absolute atomic E-state index is 13.2. The number of hydrogen-bond acceptors (Lipinski definition) is 2. The van der Waals surface area contributed by atoms with E-state index in [0.29, 0.717) is 22.0 Å². The first-order chi connectivity index (χ1) is 10.4. The molecule has 0 radical (unpaired) electrons. The zero-order valence-corrected chi connectivity index (χ0v) is 12.0. The number of para-hydroxylation sites is 2. The molecule has 0 spiro atoms. The molecule has 0 saturated heterocycles. The topological polar surface area (TPSA) is 24.7 Å². The molecule has 0 fully saturated rings. The third kappa shape index (κ3) is 3.04. The van der Waals surface area contributed by atoms with Gasteiger partial charge in [0.25, 0.3) is 0 Å². The minimum atomic E-state index is -4.50. The molecule has 2 nitrogen and oxygen atoms in total. The quantitative estimate of drug-likeness (QED) is 0.662. The van der Waals surface area contributed by atoms with Crippen molar-refractivity contribution < 1.29 is 13.2 Å². The molecule has 112 valence electrons. The van der Waals surface area contributed by atoms with Gasteiger partial charge in [0, 0.05) is 11.4 Å². The van der Waals surface area contributed by atoms with Gasteiger partial charge in [-0.3, -0.25) is 4.99 Å². The second-order valence-electron chi connectivity index (χ2n) is 4.79. The number of fused-ring (bicyclic) bond motifs is 1. The summed E-state index contributed by atoms with van der Waals surface area (Å²) in [7, 11) is 0. The fourth-order valence-electron chi connectivity index (χ4n) is 2.15. The Labute approximate surface area is 130 Å². The average molecular weight is 323 g/mol. The van der Waals surface area contributed by atoms with E-state index in [9.17, 15) is 13.2 Å². The van der Waals surface area contributed by atoms with E-state index >= 15 is 0 Å². The fourth-order valence-corrected chi connectivity index (χ4v) is 2.28. The smallest absolute Gasteiger partial charge is 0.250 e. The van der Waals surface area contributed by atoms with Gasteiger partial charge in [-0.2, -0.15) is 13.2 Å². The molecule has 0 atom stereocenters. The van der Waals surface area contributed by atoms with E-state index in [1.54, 1.807) is 42.5 Å². The molecule has 1 aliphatic rings. The maximum atomic E-state index is 13.2. The van der Waals surface area contributed by atoms with E-state index in [-0.39, 0.29) is 12.1 Å². The Morgan fingerprint density at radius 2 is 1.45 bits per heavy atom. The van der Waals surface area contributed by atoms with E-state index in [4.69, 9.17) is 11.6 Å². The largest absolute Gasteiger partial charge is 0.429 e. The van der Waals surface area contributed by atoms with Gasteiger partial charge in [-0.15, -0.1) is 0 Å². The molecular weight excluding hydrogens is 313 g/mol. The molecule has 0 aromatic heterocycles. The molecule has 0 amide bonds. The van der Waals surface area contributed by atoms with Crippen molar-refractivity contribution in [2.24, 2.45) is 9.98 Å². The van der Waals surface area contributed by atoms with Gasteiger partial charge in [-0.25, -0.2) is 4.99 Å². The van der Waals surface area contributed by atoms with Crippen LogP contribution in [0.1, 0.15) is 12.0 Å². The molecule has 6 heteroatoms. The van der Waals surface area contributed by atoms with Crippen LogP contribution in [0.2, 0.25) is 5.02 Å². The van der Waals surface area contributed by atoms with Crippen molar-refractivity contribution in [3.63, 3.8) is 0 Å².